The summed E-state index contributed by atoms with van der Waals surface area (Å²) in [4.78, 5) is 28.5. The third-order valence-corrected chi connectivity index (χ3v) is 4.88. The Balaban J connectivity index is 1.87. The molecule has 0 N–H and O–H groups in total. The van der Waals surface area contributed by atoms with Crippen LogP contribution in [0.2, 0.25) is 0 Å². The van der Waals surface area contributed by atoms with Crippen LogP contribution in [0, 0.1) is 12.7 Å². The van der Waals surface area contributed by atoms with Crippen molar-refractivity contribution in [2.75, 3.05) is 13.2 Å². The van der Waals surface area contributed by atoms with Gasteiger partial charge in [0.15, 0.2) is 11.4 Å². The fourth-order valence-electron chi connectivity index (χ4n) is 2.54. The number of esters is 1. The second-order valence-corrected chi connectivity index (χ2v) is 7.00. The van der Waals surface area contributed by atoms with E-state index >= 15 is 0 Å². The molecule has 8 heteroatoms. The van der Waals surface area contributed by atoms with Gasteiger partial charge in [-0.25, -0.2) is 4.39 Å². The predicted octanol–water partition coefficient (Wildman–Crippen LogP) is 3.22. The van der Waals surface area contributed by atoms with Crippen LogP contribution in [-0.2, 0) is 20.9 Å². The number of aryl methyl sites for hydroxylation is 1. The van der Waals surface area contributed by atoms with Crippen LogP contribution >= 0.6 is 11.3 Å². The molecule has 0 fully saturated rings. The zero-order valence-electron chi connectivity index (χ0n) is 15.5. The van der Waals surface area contributed by atoms with Crippen molar-refractivity contribution in [1.29, 1.82) is 0 Å². The summed E-state index contributed by atoms with van der Waals surface area (Å²) in [6.45, 7) is 3.54. The number of benzene rings is 2. The first-order chi connectivity index (χ1) is 13.5. The van der Waals surface area contributed by atoms with Crippen LogP contribution in [-0.4, -0.2) is 29.7 Å². The zero-order valence-corrected chi connectivity index (χ0v) is 16.3. The van der Waals surface area contributed by atoms with Gasteiger partial charge in [-0.15, -0.1) is 0 Å². The summed E-state index contributed by atoms with van der Waals surface area (Å²) in [5.74, 6) is -0.814. The van der Waals surface area contributed by atoms with Gasteiger partial charge >= 0.3 is 5.97 Å². The Morgan fingerprint density at radius 3 is 2.64 bits per heavy atom. The number of carbonyl (C=O) groups excluding carboxylic acids is 2. The molecule has 0 atom stereocenters. The Hall–Kier alpha value is -3.00. The molecule has 0 saturated carbocycles. The van der Waals surface area contributed by atoms with E-state index in [2.05, 4.69) is 4.99 Å². The summed E-state index contributed by atoms with van der Waals surface area (Å²) < 4.78 is 26.1. The van der Waals surface area contributed by atoms with Gasteiger partial charge in [0.25, 0.3) is 5.91 Å². The molecule has 1 aromatic heterocycles. The summed E-state index contributed by atoms with van der Waals surface area (Å²) in [6, 6.07) is 11.5. The van der Waals surface area contributed by atoms with Crippen LogP contribution < -0.4 is 9.54 Å². The number of ether oxygens (including phenoxy) is 2. The minimum atomic E-state index is -0.509. The molecule has 1 amide bonds. The smallest absolute Gasteiger partial charge is 0.326 e. The number of hydrogen-bond acceptors (Lipinski definition) is 5. The number of amides is 1. The highest BCUT2D eigenvalue weighted by Crippen LogP contribution is 2.19. The van der Waals surface area contributed by atoms with E-state index < -0.39 is 17.7 Å². The zero-order chi connectivity index (χ0) is 20.1. The second kappa shape index (κ2) is 8.79. The van der Waals surface area contributed by atoms with Crippen LogP contribution in [0.1, 0.15) is 12.5 Å². The summed E-state index contributed by atoms with van der Waals surface area (Å²) in [7, 11) is 0. The van der Waals surface area contributed by atoms with Crippen molar-refractivity contribution in [3.63, 3.8) is 0 Å². The molecule has 28 heavy (non-hydrogen) atoms. The number of halogens is 1. The molecule has 0 saturated heterocycles. The number of nitrogens with zero attached hydrogens (tertiary/aromatic N) is 2. The maximum Gasteiger partial charge on any atom is 0.326 e. The van der Waals surface area contributed by atoms with E-state index in [0.29, 0.717) is 16.0 Å². The van der Waals surface area contributed by atoms with Crippen molar-refractivity contribution in [1.82, 2.24) is 4.57 Å². The van der Waals surface area contributed by atoms with Crippen molar-refractivity contribution in [2.24, 2.45) is 4.99 Å². The number of aromatic nitrogens is 1. The van der Waals surface area contributed by atoms with Gasteiger partial charge in [0.05, 0.1) is 16.8 Å². The molecular formula is C20H19FN2O4S. The van der Waals surface area contributed by atoms with Crippen molar-refractivity contribution in [3.05, 3.63) is 58.6 Å². The molecule has 0 aliphatic carbocycles. The quantitative estimate of drug-likeness (QED) is 0.594. The van der Waals surface area contributed by atoms with E-state index in [4.69, 9.17) is 9.47 Å². The Bertz CT molecular complexity index is 1070. The number of fused-ring (bicyclic) bond motifs is 1. The normalized spacial score (nSPS) is 11.6. The van der Waals surface area contributed by atoms with Gasteiger partial charge in [-0.05, 0) is 44.2 Å². The summed E-state index contributed by atoms with van der Waals surface area (Å²) in [6.07, 6.45) is 0. The van der Waals surface area contributed by atoms with Crippen LogP contribution in [0.4, 0.5) is 4.39 Å². The number of hydrogen-bond donors (Lipinski definition) is 0. The van der Waals surface area contributed by atoms with E-state index in [1.54, 1.807) is 29.7 Å². The molecule has 6 nitrogen and oxygen atoms in total. The minimum Gasteiger partial charge on any atom is -0.484 e. The summed E-state index contributed by atoms with van der Waals surface area (Å²) >= 11 is 1.12. The molecule has 0 radical (unpaired) electrons. The molecule has 0 bridgehead atoms. The molecule has 0 unspecified atom stereocenters. The molecule has 1 heterocycles. The Morgan fingerprint density at radius 1 is 1.18 bits per heavy atom. The molecule has 0 spiro atoms. The third kappa shape index (κ3) is 4.83. The van der Waals surface area contributed by atoms with Crippen molar-refractivity contribution < 1.29 is 23.5 Å². The van der Waals surface area contributed by atoms with Gasteiger partial charge in [0.2, 0.25) is 0 Å². The van der Waals surface area contributed by atoms with Gasteiger partial charge < -0.3 is 14.0 Å². The molecule has 2 aromatic carbocycles. The predicted molar refractivity (Wildman–Crippen MR) is 104 cm³/mol. The maximum absolute atomic E-state index is 13.5. The van der Waals surface area contributed by atoms with Crippen molar-refractivity contribution >= 4 is 33.4 Å². The lowest BCUT2D eigenvalue weighted by Crippen LogP contribution is -2.24. The lowest BCUT2D eigenvalue weighted by atomic mass is 10.2. The summed E-state index contributed by atoms with van der Waals surface area (Å²) in [5, 5.41) is 0. The highest BCUT2D eigenvalue weighted by Gasteiger charge is 2.13. The Labute approximate surface area is 164 Å². The molecule has 0 aliphatic rings. The number of thiazole rings is 1. The van der Waals surface area contributed by atoms with Crippen LogP contribution in [0.3, 0.4) is 0 Å². The van der Waals surface area contributed by atoms with E-state index in [1.807, 2.05) is 19.1 Å². The van der Waals surface area contributed by atoms with Gasteiger partial charge in [-0.2, -0.15) is 4.99 Å². The second-order valence-electron chi connectivity index (χ2n) is 6.00. The first-order valence-electron chi connectivity index (χ1n) is 8.68. The van der Waals surface area contributed by atoms with Crippen LogP contribution in [0.25, 0.3) is 10.2 Å². The minimum absolute atomic E-state index is 0.121. The van der Waals surface area contributed by atoms with E-state index in [-0.39, 0.29) is 24.6 Å². The largest absolute Gasteiger partial charge is 0.484 e. The summed E-state index contributed by atoms with van der Waals surface area (Å²) in [5.41, 5.74) is 1.69. The SMILES string of the molecule is CCOC(=O)Cn1c(=NC(=O)COc2ccc(C)cc2)sc2cc(F)ccc21. The Kier molecular flexibility index (Phi) is 6.20. The lowest BCUT2D eigenvalue weighted by Gasteiger charge is -2.05. The van der Waals surface area contributed by atoms with Gasteiger partial charge in [-0.1, -0.05) is 29.0 Å². The van der Waals surface area contributed by atoms with Gasteiger partial charge in [0, 0.05) is 0 Å². The van der Waals surface area contributed by atoms with Gasteiger partial charge in [-0.3, -0.25) is 9.59 Å². The lowest BCUT2D eigenvalue weighted by molar-refractivity contribution is -0.143. The molecular weight excluding hydrogens is 383 g/mol. The first-order valence-corrected chi connectivity index (χ1v) is 9.49. The van der Waals surface area contributed by atoms with Crippen LogP contribution in [0.15, 0.2) is 47.5 Å². The average Bonchev–Trinajstić information content (AvgIpc) is 2.97. The van der Waals surface area contributed by atoms with Crippen molar-refractivity contribution in [2.45, 2.75) is 20.4 Å². The fraction of sp³-hybridized carbons (Fsp3) is 0.250. The Morgan fingerprint density at radius 2 is 1.93 bits per heavy atom. The molecule has 3 rings (SSSR count). The first kappa shape index (κ1) is 19.8. The number of rotatable bonds is 6. The highest BCUT2D eigenvalue weighted by molar-refractivity contribution is 7.16. The van der Waals surface area contributed by atoms with E-state index in [9.17, 15) is 14.0 Å². The topological polar surface area (TPSA) is 69.9 Å². The monoisotopic (exact) mass is 402 g/mol. The molecule has 0 aliphatic heterocycles. The fourth-order valence-corrected chi connectivity index (χ4v) is 3.61. The standard InChI is InChI=1S/C20H19FN2O4S/c1-3-26-19(25)11-23-16-9-6-14(21)10-17(16)28-20(23)22-18(24)12-27-15-7-4-13(2)5-8-15/h4-10H,3,11-12H2,1-2H3. The molecule has 3 aromatic rings. The molecule has 146 valence electrons. The maximum atomic E-state index is 13.5. The third-order valence-electron chi connectivity index (χ3n) is 3.84. The van der Waals surface area contributed by atoms with Gasteiger partial charge in [0.1, 0.15) is 18.1 Å². The van der Waals surface area contributed by atoms with E-state index in [1.165, 1.54) is 12.1 Å². The van der Waals surface area contributed by atoms with Crippen LogP contribution in [0.5, 0.6) is 5.75 Å². The van der Waals surface area contributed by atoms with E-state index in [0.717, 1.165) is 16.9 Å². The number of carbonyl (C=O) groups is 2. The highest BCUT2D eigenvalue weighted by atomic mass is 32.1. The average molecular weight is 402 g/mol. The van der Waals surface area contributed by atoms with Crippen molar-refractivity contribution in [3.8, 4) is 5.75 Å².